The number of pyridine rings is 1. The predicted octanol–water partition coefficient (Wildman–Crippen LogP) is 3.28. The number of fused-ring (bicyclic) bond motifs is 1. The van der Waals surface area contributed by atoms with Gasteiger partial charge in [-0.1, -0.05) is 26.8 Å². The van der Waals surface area contributed by atoms with E-state index in [-0.39, 0.29) is 11.1 Å². The van der Waals surface area contributed by atoms with Gasteiger partial charge in [0.25, 0.3) is 0 Å². The fourth-order valence-electron chi connectivity index (χ4n) is 4.48. The molecule has 1 aliphatic rings. The van der Waals surface area contributed by atoms with Crippen molar-refractivity contribution in [3.05, 3.63) is 51.9 Å². The van der Waals surface area contributed by atoms with Gasteiger partial charge in [-0.25, -0.2) is 9.78 Å². The number of benzene rings is 1. The summed E-state index contributed by atoms with van der Waals surface area (Å²) in [7, 11) is 1.74. The van der Waals surface area contributed by atoms with Crippen molar-refractivity contribution < 1.29 is 5.11 Å². The summed E-state index contributed by atoms with van der Waals surface area (Å²) in [5, 5.41) is 19.9. The van der Waals surface area contributed by atoms with E-state index in [4.69, 9.17) is 4.98 Å². The Kier molecular flexibility index (Phi) is 5.48. The van der Waals surface area contributed by atoms with Crippen molar-refractivity contribution >= 4 is 11.2 Å². The highest BCUT2D eigenvalue weighted by atomic mass is 16.3. The third kappa shape index (κ3) is 4.34. The maximum atomic E-state index is 12.8. The molecule has 2 aromatic heterocycles. The van der Waals surface area contributed by atoms with Crippen LogP contribution in [-0.4, -0.2) is 42.8 Å². The number of aliphatic hydroxyl groups is 1. The highest BCUT2D eigenvalue weighted by Gasteiger charge is 2.31. The van der Waals surface area contributed by atoms with Crippen LogP contribution < -0.4 is 5.69 Å². The second-order valence-corrected chi connectivity index (χ2v) is 10.5. The maximum Gasteiger partial charge on any atom is 0.330 e. The summed E-state index contributed by atoms with van der Waals surface area (Å²) < 4.78 is 3.35. The van der Waals surface area contributed by atoms with Gasteiger partial charge < -0.3 is 5.11 Å². The molecule has 1 N–H and O–H groups in total. The van der Waals surface area contributed by atoms with Crippen LogP contribution in [0.5, 0.6) is 0 Å². The molecule has 1 saturated heterocycles. The quantitative estimate of drug-likeness (QED) is 0.682. The first-order valence-electron chi connectivity index (χ1n) is 11.0. The van der Waals surface area contributed by atoms with Crippen molar-refractivity contribution in [1.29, 1.82) is 5.26 Å². The van der Waals surface area contributed by atoms with E-state index < -0.39 is 5.60 Å². The zero-order valence-electron chi connectivity index (χ0n) is 19.5. The molecular weight excluding hydrogens is 402 g/mol. The van der Waals surface area contributed by atoms with Crippen LogP contribution in [0.2, 0.25) is 0 Å². The van der Waals surface area contributed by atoms with Crippen LogP contribution in [0.15, 0.2) is 35.1 Å². The van der Waals surface area contributed by atoms with Gasteiger partial charge >= 0.3 is 5.69 Å². The first-order valence-corrected chi connectivity index (χ1v) is 11.0. The van der Waals surface area contributed by atoms with Gasteiger partial charge in [-0.3, -0.25) is 14.0 Å². The molecule has 3 heterocycles. The lowest BCUT2D eigenvalue weighted by molar-refractivity contribution is 0.0679. The fourth-order valence-corrected chi connectivity index (χ4v) is 4.48. The summed E-state index contributed by atoms with van der Waals surface area (Å²) >= 11 is 0. The van der Waals surface area contributed by atoms with Crippen LogP contribution in [0.25, 0.3) is 22.4 Å². The van der Waals surface area contributed by atoms with Crippen molar-refractivity contribution in [3.63, 3.8) is 0 Å². The average Bonchev–Trinajstić information content (AvgIpc) is 3.18. The largest absolute Gasteiger partial charge is 0.389 e. The number of likely N-dealkylation sites (tertiary alicyclic amines) is 1. The molecule has 1 aromatic carbocycles. The number of rotatable bonds is 4. The van der Waals surface area contributed by atoms with Gasteiger partial charge in [0.1, 0.15) is 0 Å². The van der Waals surface area contributed by atoms with E-state index in [1.165, 1.54) is 0 Å². The maximum absolute atomic E-state index is 12.8. The highest BCUT2D eigenvalue weighted by molar-refractivity contribution is 5.78. The second-order valence-electron chi connectivity index (χ2n) is 10.5. The molecule has 1 unspecified atom stereocenters. The van der Waals surface area contributed by atoms with E-state index in [0.717, 1.165) is 29.6 Å². The topological polar surface area (TPSA) is 87.1 Å². The summed E-state index contributed by atoms with van der Waals surface area (Å²) in [6.07, 6.45) is 0.758. The van der Waals surface area contributed by atoms with Crippen molar-refractivity contribution in [2.45, 2.75) is 52.8 Å². The van der Waals surface area contributed by atoms with Gasteiger partial charge in [-0.05, 0) is 48.6 Å². The molecule has 1 atom stereocenters. The van der Waals surface area contributed by atoms with Crippen LogP contribution in [0.4, 0.5) is 0 Å². The number of aromatic nitrogens is 3. The van der Waals surface area contributed by atoms with Crippen molar-refractivity contribution in [3.8, 4) is 17.3 Å². The molecule has 7 nitrogen and oxygen atoms in total. The molecule has 3 aromatic rings. The predicted molar refractivity (Wildman–Crippen MR) is 125 cm³/mol. The minimum atomic E-state index is -0.646. The van der Waals surface area contributed by atoms with Gasteiger partial charge in [-0.15, -0.1) is 0 Å². The molecule has 0 aliphatic carbocycles. The number of β-amino-alcohol motifs (C(OH)–C–C–N with tert-alkyl or cyclic N) is 1. The number of nitrogens with zero attached hydrogens (tertiary/aromatic N) is 5. The number of hydrogen-bond donors (Lipinski definition) is 1. The molecule has 0 bridgehead atoms. The Hall–Kier alpha value is -2.95. The van der Waals surface area contributed by atoms with Crippen LogP contribution in [0.3, 0.4) is 0 Å². The first-order chi connectivity index (χ1) is 15.0. The lowest BCUT2D eigenvalue weighted by Gasteiger charge is -2.19. The van der Waals surface area contributed by atoms with Crippen LogP contribution in [0.1, 0.15) is 45.2 Å². The molecule has 168 valence electrons. The summed E-state index contributed by atoms with van der Waals surface area (Å²) in [5.74, 6) is 0. The molecule has 1 aliphatic heterocycles. The van der Waals surface area contributed by atoms with Gasteiger partial charge in [0, 0.05) is 38.8 Å². The van der Waals surface area contributed by atoms with Crippen LogP contribution in [0, 0.1) is 16.7 Å². The Labute approximate surface area is 188 Å². The van der Waals surface area contributed by atoms with Gasteiger partial charge in [0.15, 0.2) is 5.65 Å². The van der Waals surface area contributed by atoms with Gasteiger partial charge in [-0.2, -0.15) is 5.26 Å². The Morgan fingerprint density at radius 1 is 1.25 bits per heavy atom. The fraction of sp³-hybridized carbons (Fsp3) is 0.480. The highest BCUT2D eigenvalue weighted by Crippen LogP contribution is 2.28. The van der Waals surface area contributed by atoms with E-state index in [2.05, 4.69) is 31.7 Å². The molecule has 0 saturated carbocycles. The van der Waals surface area contributed by atoms with Crippen molar-refractivity contribution in [2.24, 2.45) is 12.5 Å². The summed E-state index contributed by atoms with van der Waals surface area (Å²) in [6, 6.07) is 11.9. The normalized spacial score (nSPS) is 19.5. The van der Waals surface area contributed by atoms with Crippen LogP contribution in [-0.2, 0) is 20.1 Å². The SMILES string of the molecule is Cn1c(=O)n(CC(C)(C)C)c2ccc(-c3cc(CN4CCC(C)(O)C4)ccc3C#N)nc21. The Balaban J connectivity index is 1.74. The minimum absolute atomic E-state index is 0.0424. The molecule has 0 spiro atoms. The second kappa shape index (κ2) is 7.88. The Morgan fingerprint density at radius 2 is 2.00 bits per heavy atom. The molecule has 7 heteroatoms. The summed E-state index contributed by atoms with van der Waals surface area (Å²) in [5.41, 5.74) is 3.68. The standard InChI is InChI=1S/C25H31N5O2/c1-24(2,3)15-30-21-9-8-20(27-22(21)28(5)23(30)31)19-12-17(6-7-18(19)13-26)14-29-11-10-25(4,32)16-29/h6-9,12,32H,10-11,14-16H2,1-5H3. The number of aryl methyl sites for hydroxylation is 1. The lowest BCUT2D eigenvalue weighted by Crippen LogP contribution is -2.29. The Morgan fingerprint density at radius 3 is 2.62 bits per heavy atom. The smallest absolute Gasteiger partial charge is 0.330 e. The molecule has 0 amide bonds. The van der Waals surface area contributed by atoms with E-state index in [0.29, 0.717) is 36.5 Å². The first kappa shape index (κ1) is 22.3. The number of imidazole rings is 1. The van der Waals surface area contributed by atoms with Crippen molar-refractivity contribution in [2.75, 3.05) is 13.1 Å². The zero-order valence-corrected chi connectivity index (χ0v) is 19.5. The monoisotopic (exact) mass is 433 g/mol. The molecule has 1 fully saturated rings. The van der Waals surface area contributed by atoms with Gasteiger partial charge in [0.2, 0.25) is 0 Å². The molecule has 4 rings (SSSR count). The molecular formula is C25H31N5O2. The average molecular weight is 434 g/mol. The third-order valence-electron chi connectivity index (χ3n) is 6.03. The zero-order chi connectivity index (χ0) is 23.3. The van der Waals surface area contributed by atoms with Crippen LogP contribution >= 0.6 is 0 Å². The Bertz CT molecular complexity index is 1270. The van der Waals surface area contributed by atoms with E-state index in [1.807, 2.05) is 37.3 Å². The van der Waals surface area contributed by atoms with E-state index >= 15 is 0 Å². The summed E-state index contributed by atoms with van der Waals surface area (Å²) in [6.45, 7) is 11.0. The van der Waals surface area contributed by atoms with Gasteiger partial charge in [0.05, 0.1) is 28.4 Å². The minimum Gasteiger partial charge on any atom is -0.389 e. The number of nitriles is 1. The lowest BCUT2D eigenvalue weighted by atomic mass is 9.97. The molecule has 32 heavy (non-hydrogen) atoms. The van der Waals surface area contributed by atoms with E-state index in [1.54, 1.807) is 16.2 Å². The third-order valence-corrected chi connectivity index (χ3v) is 6.03. The number of hydrogen-bond acceptors (Lipinski definition) is 5. The summed E-state index contributed by atoms with van der Waals surface area (Å²) in [4.78, 5) is 19.9. The van der Waals surface area contributed by atoms with Crippen molar-refractivity contribution in [1.82, 2.24) is 19.0 Å². The molecule has 0 radical (unpaired) electrons. The van der Waals surface area contributed by atoms with E-state index in [9.17, 15) is 15.2 Å².